The van der Waals surface area contributed by atoms with Crippen molar-refractivity contribution in [1.82, 2.24) is 10.1 Å². The third-order valence-corrected chi connectivity index (χ3v) is 3.06. The summed E-state index contributed by atoms with van der Waals surface area (Å²) in [4.78, 5) is 5.36. The number of hydrogen-bond acceptors (Lipinski definition) is 5. The van der Waals surface area contributed by atoms with Gasteiger partial charge in [0.15, 0.2) is 0 Å². The van der Waals surface area contributed by atoms with E-state index in [1.54, 1.807) is 11.3 Å². The van der Waals surface area contributed by atoms with Gasteiger partial charge >= 0.3 is 0 Å². The lowest BCUT2D eigenvalue weighted by Crippen LogP contribution is -2.32. The van der Waals surface area contributed by atoms with Gasteiger partial charge in [-0.1, -0.05) is 11.2 Å². The van der Waals surface area contributed by atoms with Crippen LogP contribution < -0.4 is 5.73 Å². The number of nitrogens with two attached hydrogens (primary N) is 1. The molecule has 2 aromatic heterocycles. The van der Waals surface area contributed by atoms with Crippen molar-refractivity contribution in [2.75, 3.05) is 0 Å². The van der Waals surface area contributed by atoms with E-state index in [-0.39, 0.29) is 5.54 Å². The molecule has 0 radical (unpaired) electrons. The van der Waals surface area contributed by atoms with Gasteiger partial charge in [0.2, 0.25) is 11.7 Å². The van der Waals surface area contributed by atoms with Gasteiger partial charge in [0, 0.05) is 12.0 Å². The molecule has 2 N–H and O–H groups in total. The summed E-state index contributed by atoms with van der Waals surface area (Å²) in [6.45, 7) is 3.98. The minimum absolute atomic E-state index is 0.197. The van der Waals surface area contributed by atoms with Crippen LogP contribution in [-0.2, 0) is 6.42 Å². The van der Waals surface area contributed by atoms with Gasteiger partial charge in [-0.2, -0.15) is 4.98 Å². The maximum Gasteiger partial charge on any atom is 0.227 e. The molecular formula is C11H15N3OS. The Morgan fingerprint density at radius 1 is 1.50 bits per heavy atom. The number of rotatable bonds is 4. The third kappa shape index (κ3) is 2.90. The maximum atomic E-state index is 5.90. The van der Waals surface area contributed by atoms with Crippen LogP contribution in [0, 0.1) is 0 Å². The Hall–Kier alpha value is -1.20. The molecule has 0 unspecified atom stereocenters. The van der Waals surface area contributed by atoms with Crippen molar-refractivity contribution in [1.29, 1.82) is 0 Å². The highest BCUT2D eigenvalue weighted by molar-refractivity contribution is 7.13. The Balaban J connectivity index is 2.03. The Labute approximate surface area is 98.5 Å². The van der Waals surface area contributed by atoms with Crippen LogP contribution in [-0.4, -0.2) is 15.7 Å². The number of thiophene rings is 1. The molecule has 0 spiro atoms. The van der Waals surface area contributed by atoms with E-state index in [0.717, 1.165) is 17.7 Å². The summed E-state index contributed by atoms with van der Waals surface area (Å²) in [5.74, 6) is 1.32. The van der Waals surface area contributed by atoms with Crippen LogP contribution in [0.15, 0.2) is 22.0 Å². The van der Waals surface area contributed by atoms with E-state index in [9.17, 15) is 0 Å². The number of aromatic nitrogens is 2. The minimum Gasteiger partial charge on any atom is -0.339 e. The molecule has 2 aromatic rings. The van der Waals surface area contributed by atoms with E-state index in [4.69, 9.17) is 10.3 Å². The molecule has 0 aliphatic heterocycles. The monoisotopic (exact) mass is 237 g/mol. The molecule has 0 amide bonds. The third-order valence-electron chi connectivity index (χ3n) is 2.19. The van der Waals surface area contributed by atoms with E-state index in [1.165, 1.54) is 0 Å². The second-order valence-electron chi connectivity index (χ2n) is 4.48. The molecule has 0 bridgehead atoms. The molecule has 0 aromatic carbocycles. The predicted octanol–water partition coefficient (Wildman–Crippen LogP) is 2.47. The van der Waals surface area contributed by atoms with Gasteiger partial charge in [-0.15, -0.1) is 11.3 Å². The quantitative estimate of drug-likeness (QED) is 0.887. The van der Waals surface area contributed by atoms with E-state index in [1.807, 2.05) is 31.4 Å². The van der Waals surface area contributed by atoms with Gasteiger partial charge in [-0.25, -0.2) is 0 Å². The standard InChI is InChI=1S/C11H15N3OS/c1-11(2,12)6-5-9-13-10(14-15-9)8-4-3-7-16-8/h3-4,7H,5-6,12H2,1-2H3. The van der Waals surface area contributed by atoms with Crippen LogP contribution in [0.1, 0.15) is 26.2 Å². The summed E-state index contributed by atoms with van der Waals surface area (Å²) < 4.78 is 5.17. The van der Waals surface area contributed by atoms with Gasteiger partial charge < -0.3 is 10.3 Å². The first-order valence-corrected chi connectivity index (χ1v) is 6.08. The second-order valence-corrected chi connectivity index (χ2v) is 5.43. The Morgan fingerprint density at radius 3 is 2.94 bits per heavy atom. The first kappa shape index (κ1) is 11.3. The van der Waals surface area contributed by atoms with Crippen LogP contribution in [0.5, 0.6) is 0 Å². The van der Waals surface area contributed by atoms with Crippen LogP contribution in [0.2, 0.25) is 0 Å². The molecule has 0 atom stereocenters. The van der Waals surface area contributed by atoms with Gasteiger partial charge in [-0.3, -0.25) is 0 Å². The molecule has 5 heteroatoms. The van der Waals surface area contributed by atoms with Crippen molar-refractivity contribution in [3.63, 3.8) is 0 Å². The molecule has 4 nitrogen and oxygen atoms in total. The summed E-state index contributed by atoms with van der Waals surface area (Å²) in [5, 5.41) is 5.94. The number of aryl methyl sites for hydroxylation is 1. The van der Waals surface area contributed by atoms with E-state index in [0.29, 0.717) is 11.7 Å². The Morgan fingerprint density at radius 2 is 2.31 bits per heavy atom. The van der Waals surface area contributed by atoms with Crippen molar-refractivity contribution in [3.8, 4) is 10.7 Å². The lowest BCUT2D eigenvalue weighted by molar-refractivity contribution is 0.358. The van der Waals surface area contributed by atoms with E-state index < -0.39 is 0 Å². The highest BCUT2D eigenvalue weighted by Crippen LogP contribution is 2.21. The molecule has 16 heavy (non-hydrogen) atoms. The second kappa shape index (κ2) is 4.35. The fraction of sp³-hybridized carbons (Fsp3) is 0.455. The lowest BCUT2D eigenvalue weighted by Gasteiger charge is -2.16. The van der Waals surface area contributed by atoms with Crippen molar-refractivity contribution in [3.05, 3.63) is 23.4 Å². The van der Waals surface area contributed by atoms with Crippen molar-refractivity contribution >= 4 is 11.3 Å². The first-order chi connectivity index (χ1) is 7.54. The molecule has 0 aliphatic rings. The summed E-state index contributed by atoms with van der Waals surface area (Å²) in [5.41, 5.74) is 5.70. The van der Waals surface area contributed by atoms with Gasteiger partial charge in [-0.05, 0) is 31.7 Å². The smallest absolute Gasteiger partial charge is 0.227 e. The SMILES string of the molecule is CC(C)(N)CCc1nc(-c2cccs2)no1. The van der Waals surface area contributed by atoms with Gasteiger partial charge in [0.05, 0.1) is 4.88 Å². The molecule has 86 valence electrons. The predicted molar refractivity (Wildman–Crippen MR) is 64.2 cm³/mol. The molecule has 0 aliphatic carbocycles. The molecule has 2 heterocycles. The molecule has 2 rings (SSSR count). The first-order valence-electron chi connectivity index (χ1n) is 5.20. The fourth-order valence-corrected chi connectivity index (χ4v) is 1.94. The van der Waals surface area contributed by atoms with Gasteiger partial charge in [0.1, 0.15) is 0 Å². The zero-order valence-electron chi connectivity index (χ0n) is 9.43. The zero-order valence-corrected chi connectivity index (χ0v) is 10.3. The lowest BCUT2D eigenvalue weighted by atomic mass is 10.0. The summed E-state index contributed by atoms with van der Waals surface area (Å²) >= 11 is 1.60. The maximum absolute atomic E-state index is 5.90. The average molecular weight is 237 g/mol. The van der Waals surface area contributed by atoms with Gasteiger partial charge in [0.25, 0.3) is 0 Å². The number of nitrogens with zero attached hydrogens (tertiary/aromatic N) is 2. The van der Waals surface area contributed by atoms with Crippen molar-refractivity contribution in [2.45, 2.75) is 32.2 Å². The van der Waals surface area contributed by atoms with E-state index >= 15 is 0 Å². The molecule has 0 fully saturated rings. The highest BCUT2D eigenvalue weighted by atomic mass is 32.1. The highest BCUT2D eigenvalue weighted by Gasteiger charge is 2.14. The number of hydrogen-bond donors (Lipinski definition) is 1. The summed E-state index contributed by atoms with van der Waals surface area (Å²) in [7, 11) is 0. The van der Waals surface area contributed by atoms with E-state index in [2.05, 4.69) is 10.1 Å². The molecular weight excluding hydrogens is 222 g/mol. The topological polar surface area (TPSA) is 64.9 Å². The fourth-order valence-electron chi connectivity index (χ4n) is 1.29. The van der Waals surface area contributed by atoms with Crippen molar-refractivity contribution < 1.29 is 4.52 Å². The summed E-state index contributed by atoms with van der Waals surface area (Å²) in [6.07, 6.45) is 1.56. The molecule has 0 saturated heterocycles. The van der Waals surface area contributed by atoms with Crippen molar-refractivity contribution in [2.24, 2.45) is 5.73 Å². The minimum atomic E-state index is -0.197. The average Bonchev–Trinajstić information content (AvgIpc) is 2.84. The van der Waals surface area contributed by atoms with Crippen LogP contribution in [0.3, 0.4) is 0 Å². The molecule has 0 saturated carbocycles. The van der Waals surface area contributed by atoms with Crippen LogP contribution >= 0.6 is 11.3 Å². The largest absolute Gasteiger partial charge is 0.339 e. The zero-order chi connectivity index (χ0) is 11.6. The normalized spacial score (nSPS) is 11.9. The Kier molecular flexibility index (Phi) is 3.07. The van der Waals surface area contributed by atoms with Crippen LogP contribution in [0.4, 0.5) is 0 Å². The summed E-state index contributed by atoms with van der Waals surface area (Å²) in [6, 6.07) is 3.95. The van der Waals surface area contributed by atoms with Crippen LogP contribution in [0.25, 0.3) is 10.7 Å². The Bertz CT molecular complexity index is 442.